The number of hydrogen-bond donors (Lipinski definition) is 2. The fraction of sp³-hybridized carbons (Fsp3) is 0.333. The molecule has 0 aliphatic carbocycles. The molecule has 0 saturated heterocycles. The van der Waals surface area contributed by atoms with Gasteiger partial charge >= 0.3 is 0 Å². The third-order valence-corrected chi connectivity index (χ3v) is 3.61. The van der Waals surface area contributed by atoms with E-state index in [9.17, 15) is 5.11 Å². The van der Waals surface area contributed by atoms with E-state index in [2.05, 4.69) is 50.4 Å². The largest absolute Gasteiger partial charge is 0.506 e. The molecule has 3 heteroatoms. The second kappa shape index (κ2) is 6.40. The maximum Gasteiger partial charge on any atom is 0.134 e. The van der Waals surface area contributed by atoms with Crippen LogP contribution in [0.2, 0.25) is 5.02 Å². The summed E-state index contributed by atoms with van der Waals surface area (Å²) in [6, 6.07) is 15.8. The molecular weight excluding hydrogens is 282 g/mol. The number of benzene rings is 2. The summed E-state index contributed by atoms with van der Waals surface area (Å²) < 4.78 is 0. The van der Waals surface area contributed by atoms with Crippen LogP contribution in [0, 0.1) is 5.41 Å². The Morgan fingerprint density at radius 2 is 1.76 bits per heavy atom. The summed E-state index contributed by atoms with van der Waals surface area (Å²) in [5.41, 5.74) is 2.36. The van der Waals surface area contributed by atoms with Gasteiger partial charge < -0.3 is 10.4 Å². The lowest BCUT2D eigenvalue weighted by molar-refractivity contribution is 0.352. The molecule has 1 unspecified atom stereocenters. The summed E-state index contributed by atoms with van der Waals surface area (Å²) in [7, 11) is 0. The molecule has 0 saturated carbocycles. The topological polar surface area (TPSA) is 32.3 Å². The Bertz CT molecular complexity index is 590. The molecule has 2 aromatic rings. The number of rotatable bonds is 4. The van der Waals surface area contributed by atoms with Crippen molar-refractivity contribution in [2.24, 2.45) is 5.41 Å². The molecule has 2 rings (SSSR count). The Labute approximate surface area is 131 Å². The zero-order valence-electron chi connectivity index (χ0n) is 12.7. The van der Waals surface area contributed by atoms with Crippen molar-refractivity contribution in [2.75, 3.05) is 5.32 Å². The summed E-state index contributed by atoms with van der Waals surface area (Å²) in [6.07, 6.45) is 0.996. The van der Waals surface area contributed by atoms with Crippen molar-refractivity contribution in [3.05, 3.63) is 59.1 Å². The van der Waals surface area contributed by atoms with Gasteiger partial charge in [-0.15, -0.1) is 0 Å². The van der Waals surface area contributed by atoms with Crippen LogP contribution >= 0.6 is 11.6 Å². The molecule has 112 valence electrons. The van der Waals surface area contributed by atoms with Crippen molar-refractivity contribution in [1.29, 1.82) is 0 Å². The molecule has 21 heavy (non-hydrogen) atoms. The zero-order chi connectivity index (χ0) is 15.5. The van der Waals surface area contributed by atoms with Gasteiger partial charge in [-0.05, 0) is 35.6 Å². The van der Waals surface area contributed by atoms with Crippen molar-refractivity contribution < 1.29 is 5.11 Å². The smallest absolute Gasteiger partial charge is 0.134 e. The number of hydrogen-bond acceptors (Lipinski definition) is 2. The van der Waals surface area contributed by atoms with Crippen LogP contribution < -0.4 is 5.32 Å². The lowest BCUT2D eigenvalue weighted by Crippen LogP contribution is -2.18. The second-order valence-corrected chi connectivity index (χ2v) is 6.95. The van der Waals surface area contributed by atoms with Crippen LogP contribution in [0.1, 0.15) is 38.8 Å². The van der Waals surface area contributed by atoms with Crippen LogP contribution in [0.15, 0.2) is 48.5 Å². The highest BCUT2D eigenvalue weighted by molar-refractivity contribution is 6.32. The zero-order valence-corrected chi connectivity index (χ0v) is 13.5. The molecule has 0 spiro atoms. The number of anilines is 1. The molecule has 0 aliphatic rings. The van der Waals surface area contributed by atoms with Gasteiger partial charge in [0, 0.05) is 5.69 Å². The van der Waals surface area contributed by atoms with Gasteiger partial charge in [-0.2, -0.15) is 0 Å². The van der Waals surface area contributed by atoms with Crippen LogP contribution in [0.5, 0.6) is 5.75 Å². The van der Waals surface area contributed by atoms with Gasteiger partial charge in [-0.1, -0.05) is 62.7 Å². The van der Waals surface area contributed by atoms with Crippen molar-refractivity contribution in [2.45, 2.75) is 33.2 Å². The molecule has 0 bridgehead atoms. The highest BCUT2D eigenvalue weighted by Crippen LogP contribution is 2.34. The molecule has 0 heterocycles. The Hall–Kier alpha value is -1.67. The van der Waals surface area contributed by atoms with Crippen molar-refractivity contribution >= 4 is 17.3 Å². The molecule has 0 aliphatic heterocycles. The second-order valence-electron chi connectivity index (χ2n) is 6.54. The molecule has 0 radical (unpaired) electrons. The van der Waals surface area contributed by atoms with Crippen molar-refractivity contribution in [3.63, 3.8) is 0 Å². The van der Waals surface area contributed by atoms with E-state index in [0.29, 0.717) is 5.02 Å². The number of halogens is 1. The first-order valence-electron chi connectivity index (χ1n) is 7.15. The predicted octanol–water partition coefficient (Wildman–Crippen LogP) is 5.64. The minimum Gasteiger partial charge on any atom is -0.506 e. The van der Waals surface area contributed by atoms with E-state index in [0.717, 1.165) is 12.1 Å². The molecular formula is C18H22ClNO. The summed E-state index contributed by atoms with van der Waals surface area (Å²) in [6.45, 7) is 6.69. The van der Waals surface area contributed by atoms with Crippen LogP contribution in [0.3, 0.4) is 0 Å². The Balaban J connectivity index is 2.25. The van der Waals surface area contributed by atoms with Gasteiger partial charge in [0.25, 0.3) is 0 Å². The monoisotopic (exact) mass is 303 g/mol. The lowest BCUT2D eigenvalue weighted by Gasteiger charge is -2.28. The number of phenolic OH excluding ortho intramolecular Hbond substituents is 1. The van der Waals surface area contributed by atoms with E-state index >= 15 is 0 Å². The van der Waals surface area contributed by atoms with Crippen LogP contribution in [-0.4, -0.2) is 5.11 Å². The summed E-state index contributed by atoms with van der Waals surface area (Å²) in [4.78, 5) is 0. The van der Waals surface area contributed by atoms with Crippen LogP contribution in [-0.2, 0) is 0 Å². The average molecular weight is 304 g/mol. The van der Waals surface area contributed by atoms with Crippen LogP contribution in [0.4, 0.5) is 5.69 Å². The molecule has 2 aromatic carbocycles. The fourth-order valence-electron chi connectivity index (χ4n) is 2.35. The predicted molar refractivity (Wildman–Crippen MR) is 90.0 cm³/mol. The Kier molecular flexibility index (Phi) is 4.79. The van der Waals surface area contributed by atoms with E-state index in [1.807, 2.05) is 12.1 Å². The first kappa shape index (κ1) is 15.7. The normalized spacial score (nSPS) is 13.0. The summed E-state index contributed by atoms with van der Waals surface area (Å²) in [5.74, 6) is 0.106. The van der Waals surface area contributed by atoms with Crippen molar-refractivity contribution in [3.8, 4) is 5.75 Å². The van der Waals surface area contributed by atoms with E-state index in [-0.39, 0.29) is 17.2 Å². The fourth-order valence-corrected chi connectivity index (χ4v) is 2.53. The summed E-state index contributed by atoms with van der Waals surface area (Å²) >= 11 is 5.99. The first-order valence-corrected chi connectivity index (χ1v) is 7.53. The minimum absolute atomic E-state index is 0.106. The molecule has 0 amide bonds. The van der Waals surface area contributed by atoms with Gasteiger partial charge in [0.2, 0.25) is 0 Å². The molecule has 0 aromatic heterocycles. The van der Waals surface area contributed by atoms with Gasteiger partial charge in [0.15, 0.2) is 0 Å². The maximum absolute atomic E-state index is 9.52. The number of aromatic hydroxyl groups is 1. The van der Waals surface area contributed by atoms with Gasteiger partial charge in [-0.25, -0.2) is 0 Å². The molecule has 1 atom stereocenters. The van der Waals surface area contributed by atoms with Gasteiger partial charge in [0.05, 0.1) is 11.1 Å². The quantitative estimate of drug-likeness (QED) is 0.717. The van der Waals surface area contributed by atoms with Crippen molar-refractivity contribution in [1.82, 2.24) is 0 Å². The SMILES string of the molecule is CC(C)(C)CC(Nc1ccc(O)c(Cl)c1)c1ccccc1. The summed E-state index contributed by atoms with van der Waals surface area (Å²) in [5, 5.41) is 13.4. The van der Waals surface area contributed by atoms with E-state index in [1.165, 1.54) is 5.56 Å². The molecule has 0 fully saturated rings. The third-order valence-electron chi connectivity index (χ3n) is 3.31. The molecule has 2 nitrogen and oxygen atoms in total. The minimum atomic E-state index is 0.106. The standard InChI is InChI=1S/C18H22ClNO/c1-18(2,3)12-16(13-7-5-4-6-8-13)20-14-9-10-17(21)15(19)11-14/h4-11,16,20-21H,12H2,1-3H3. The Morgan fingerprint density at radius 3 is 2.33 bits per heavy atom. The Morgan fingerprint density at radius 1 is 1.10 bits per heavy atom. The first-order chi connectivity index (χ1) is 9.85. The van der Waals surface area contributed by atoms with Gasteiger partial charge in [-0.3, -0.25) is 0 Å². The maximum atomic E-state index is 9.52. The number of nitrogens with one attached hydrogen (secondary N) is 1. The van der Waals surface area contributed by atoms with E-state index < -0.39 is 0 Å². The highest BCUT2D eigenvalue weighted by atomic mass is 35.5. The van der Waals surface area contributed by atoms with Gasteiger partial charge in [0.1, 0.15) is 5.75 Å². The average Bonchev–Trinajstić information content (AvgIpc) is 2.42. The molecule has 2 N–H and O–H groups in total. The van der Waals surface area contributed by atoms with Crippen LogP contribution in [0.25, 0.3) is 0 Å². The third kappa shape index (κ3) is 4.68. The lowest BCUT2D eigenvalue weighted by atomic mass is 9.85. The van der Waals surface area contributed by atoms with E-state index in [1.54, 1.807) is 12.1 Å². The number of phenols is 1. The van der Waals surface area contributed by atoms with E-state index in [4.69, 9.17) is 11.6 Å². The highest BCUT2D eigenvalue weighted by Gasteiger charge is 2.20.